The lowest BCUT2D eigenvalue weighted by Crippen LogP contribution is -2.35. The summed E-state index contributed by atoms with van der Waals surface area (Å²) < 4.78 is 7.23. The van der Waals surface area contributed by atoms with Gasteiger partial charge >= 0.3 is 0 Å². The van der Waals surface area contributed by atoms with Crippen LogP contribution in [0.25, 0.3) is 0 Å². The largest absolute Gasteiger partial charge is 0.384 e. The van der Waals surface area contributed by atoms with Crippen molar-refractivity contribution < 1.29 is 4.74 Å². The molecule has 2 aromatic rings. The van der Waals surface area contributed by atoms with Crippen LogP contribution in [0.2, 0.25) is 0 Å². The zero-order valence-electron chi connectivity index (χ0n) is 11.9. The highest BCUT2D eigenvalue weighted by Gasteiger charge is 2.29. The molecule has 0 radical (unpaired) electrons. The average molecular weight is 273 g/mol. The zero-order chi connectivity index (χ0) is 13.9. The first-order valence-electron chi connectivity index (χ1n) is 6.76. The summed E-state index contributed by atoms with van der Waals surface area (Å²) in [6, 6.07) is 4.07. The van der Waals surface area contributed by atoms with Crippen molar-refractivity contribution in [3.8, 4) is 0 Å². The first-order valence-corrected chi connectivity index (χ1v) is 6.76. The van der Waals surface area contributed by atoms with Crippen molar-refractivity contribution in [3.63, 3.8) is 0 Å². The van der Waals surface area contributed by atoms with E-state index in [1.807, 2.05) is 24.0 Å². The molecule has 0 fully saturated rings. The lowest BCUT2D eigenvalue weighted by molar-refractivity contribution is 0.132. The highest BCUT2D eigenvalue weighted by Crippen LogP contribution is 2.27. The maximum absolute atomic E-state index is 5.35. The molecular formula is C14H19N5O. The maximum atomic E-state index is 5.35. The molecule has 0 saturated carbocycles. The van der Waals surface area contributed by atoms with Crippen molar-refractivity contribution in [1.82, 2.24) is 24.9 Å². The predicted molar refractivity (Wildman–Crippen MR) is 74.0 cm³/mol. The monoisotopic (exact) mass is 273 g/mol. The summed E-state index contributed by atoms with van der Waals surface area (Å²) in [4.78, 5) is 6.54. The first kappa shape index (κ1) is 13.2. The van der Waals surface area contributed by atoms with Gasteiger partial charge in [0, 0.05) is 52.1 Å². The average Bonchev–Trinajstić information content (AvgIpc) is 2.82. The molecule has 1 aliphatic heterocycles. The molecule has 0 aliphatic carbocycles. The lowest BCUT2D eigenvalue weighted by Gasteiger charge is -2.31. The number of hydrogen-bond donors (Lipinski definition) is 0. The molecule has 2 aromatic heterocycles. The van der Waals surface area contributed by atoms with Crippen molar-refractivity contribution in [2.24, 2.45) is 7.05 Å². The van der Waals surface area contributed by atoms with Crippen molar-refractivity contribution >= 4 is 0 Å². The molecule has 0 N–H and O–H groups in total. The summed E-state index contributed by atoms with van der Waals surface area (Å²) in [6.45, 7) is 3.36. The van der Waals surface area contributed by atoms with Gasteiger partial charge in [0.2, 0.25) is 0 Å². The molecule has 0 bridgehead atoms. The van der Waals surface area contributed by atoms with Crippen LogP contribution in [-0.2, 0) is 24.9 Å². The molecule has 20 heavy (non-hydrogen) atoms. The van der Waals surface area contributed by atoms with E-state index in [0.717, 1.165) is 25.3 Å². The van der Waals surface area contributed by atoms with Gasteiger partial charge in [-0.05, 0) is 11.6 Å². The Morgan fingerprint density at radius 1 is 1.45 bits per heavy atom. The number of aryl methyl sites for hydroxylation is 1. The SMILES string of the molecule is COC[C@@H]1CN(Cc2cccnc2)Cc2nnn(C)c21. The van der Waals surface area contributed by atoms with Crippen LogP contribution >= 0.6 is 0 Å². The van der Waals surface area contributed by atoms with Crippen LogP contribution in [0.5, 0.6) is 0 Å². The van der Waals surface area contributed by atoms with E-state index < -0.39 is 0 Å². The van der Waals surface area contributed by atoms with Crippen LogP contribution in [0.4, 0.5) is 0 Å². The van der Waals surface area contributed by atoms with E-state index in [2.05, 4.69) is 26.3 Å². The number of nitrogens with zero attached hydrogens (tertiary/aromatic N) is 5. The molecule has 0 unspecified atom stereocenters. The van der Waals surface area contributed by atoms with Gasteiger partial charge < -0.3 is 4.74 Å². The Morgan fingerprint density at radius 2 is 2.35 bits per heavy atom. The quantitative estimate of drug-likeness (QED) is 0.830. The Kier molecular flexibility index (Phi) is 3.75. The molecule has 106 valence electrons. The highest BCUT2D eigenvalue weighted by atomic mass is 16.5. The summed E-state index contributed by atoms with van der Waals surface area (Å²) in [5.74, 6) is 0.320. The number of aromatic nitrogens is 4. The first-order chi connectivity index (χ1) is 9.78. The second kappa shape index (κ2) is 5.68. The van der Waals surface area contributed by atoms with Gasteiger partial charge in [-0.1, -0.05) is 11.3 Å². The van der Waals surface area contributed by atoms with E-state index in [0.29, 0.717) is 12.5 Å². The minimum atomic E-state index is 0.320. The third-order valence-corrected chi connectivity index (χ3v) is 3.68. The van der Waals surface area contributed by atoms with Gasteiger partial charge in [-0.15, -0.1) is 5.10 Å². The normalized spacial score (nSPS) is 19.0. The summed E-state index contributed by atoms with van der Waals surface area (Å²) in [5.41, 5.74) is 3.48. The van der Waals surface area contributed by atoms with E-state index in [4.69, 9.17) is 4.74 Å². The second-order valence-corrected chi connectivity index (χ2v) is 5.23. The predicted octanol–water partition coefficient (Wildman–Crippen LogP) is 0.956. The van der Waals surface area contributed by atoms with Crippen LogP contribution < -0.4 is 0 Å². The topological polar surface area (TPSA) is 56.1 Å². The van der Waals surface area contributed by atoms with Crippen molar-refractivity contribution in [2.45, 2.75) is 19.0 Å². The minimum absolute atomic E-state index is 0.320. The van der Waals surface area contributed by atoms with Gasteiger partial charge in [-0.2, -0.15) is 0 Å². The van der Waals surface area contributed by atoms with Crippen LogP contribution in [0.3, 0.4) is 0 Å². The minimum Gasteiger partial charge on any atom is -0.384 e. The lowest BCUT2D eigenvalue weighted by atomic mass is 9.98. The van der Waals surface area contributed by atoms with Gasteiger partial charge in [0.25, 0.3) is 0 Å². The second-order valence-electron chi connectivity index (χ2n) is 5.23. The van der Waals surface area contributed by atoms with E-state index in [-0.39, 0.29) is 0 Å². The Balaban J connectivity index is 1.79. The van der Waals surface area contributed by atoms with Crippen LogP contribution in [-0.4, -0.2) is 45.1 Å². The standard InChI is InChI=1S/C14H19N5O/c1-18-14-12(10-20-2)8-19(9-13(14)16-17-18)7-11-4-3-5-15-6-11/h3-6,12H,7-10H2,1-2H3/t12-/m0/s1. The van der Waals surface area contributed by atoms with E-state index >= 15 is 0 Å². The van der Waals surface area contributed by atoms with Gasteiger partial charge in [0.1, 0.15) is 5.69 Å². The summed E-state index contributed by atoms with van der Waals surface area (Å²) in [7, 11) is 3.69. The molecule has 0 amide bonds. The van der Waals surface area contributed by atoms with Crippen molar-refractivity contribution in [3.05, 3.63) is 41.5 Å². The van der Waals surface area contributed by atoms with Gasteiger partial charge in [-0.3, -0.25) is 14.6 Å². The molecule has 1 aliphatic rings. The van der Waals surface area contributed by atoms with Crippen molar-refractivity contribution in [2.75, 3.05) is 20.3 Å². The van der Waals surface area contributed by atoms with Gasteiger partial charge in [-0.25, -0.2) is 0 Å². The van der Waals surface area contributed by atoms with Crippen LogP contribution in [0.15, 0.2) is 24.5 Å². The molecule has 3 rings (SSSR count). The fraction of sp³-hybridized carbons (Fsp3) is 0.500. The number of rotatable bonds is 4. The maximum Gasteiger partial charge on any atom is 0.100 e. The fourth-order valence-electron chi connectivity index (χ4n) is 2.90. The van der Waals surface area contributed by atoms with Gasteiger partial charge in [0.15, 0.2) is 0 Å². The highest BCUT2D eigenvalue weighted by molar-refractivity contribution is 5.20. The smallest absolute Gasteiger partial charge is 0.100 e. The molecule has 0 saturated heterocycles. The third-order valence-electron chi connectivity index (χ3n) is 3.68. The number of fused-ring (bicyclic) bond motifs is 1. The summed E-state index contributed by atoms with van der Waals surface area (Å²) in [6.07, 6.45) is 3.71. The molecule has 6 nitrogen and oxygen atoms in total. The van der Waals surface area contributed by atoms with Crippen LogP contribution in [0, 0.1) is 0 Å². The number of methoxy groups -OCH3 is 1. The van der Waals surface area contributed by atoms with Crippen molar-refractivity contribution in [1.29, 1.82) is 0 Å². The van der Waals surface area contributed by atoms with E-state index in [1.54, 1.807) is 13.3 Å². The molecule has 0 aromatic carbocycles. The Morgan fingerprint density at radius 3 is 3.10 bits per heavy atom. The molecule has 1 atom stereocenters. The molecule has 6 heteroatoms. The fourth-order valence-corrected chi connectivity index (χ4v) is 2.90. The van der Waals surface area contributed by atoms with Gasteiger partial charge in [0.05, 0.1) is 12.3 Å². The molecule has 0 spiro atoms. The van der Waals surface area contributed by atoms with E-state index in [9.17, 15) is 0 Å². The third kappa shape index (κ3) is 2.57. The van der Waals surface area contributed by atoms with Crippen LogP contribution in [0.1, 0.15) is 22.9 Å². The summed E-state index contributed by atoms with van der Waals surface area (Å²) >= 11 is 0. The Bertz CT molecular complexity index is 568. The summed E-state index contributed by atoms with van der Waals surface area (Å²) in [5, 5.41) is 8.43. The number of hydrogen-bond acceptors (Lipinski definition) is 5. The number of pyridine rings is 1. The Hall–Kier alpha value is -1.79. The number of ether oxygens (including phenoxy) is 1. The molecule has 3 heterocycles. The molecular weight excluding hydrogens is 254 g/mol. The van der Waals surface area contributed by atoms with E-state index in [1.165, 1.54) is 11.3 Å². The zero-order valence-corrected chi connectivity index (χ0v) is 11.9. The Labute approximate surface area is 118 Å².